The molecular weight excluding hydrogens is 411 g/mol. The Morgan fingerprint density at radius 1 is 1.22 bits per heavy atom. The molecule has 0 bridgehead atoms. The Morgan fingerprint density at radius 2 is 2.03 bits per heavy atom. The van der Waals surface area contributed by atoms with Crippen molar-refractivity contribution in [3.05, 3.63) is 63.6 Å². The lowest BCUT2D eigenvalue weighted by atomic mass is 9.81. The van der Waals surface area contributed by atoms with Gasteiger partial charge in [0.25, 0.3) is 11.5 Å². The first-order chi connectivity index (χ1) is 15.5. The second-order valence-electron chi connectivity index (χ2n) is 8.49. The van der Waals surface area contributed by atoms with Gasteiger partial charge in [0.2, 0.25) is 0 Å². The van der Waals surface area contributed by atoms with E-state index in [0.717, 1.165) is 37.2 Å². The van der Waals surface area contributed by atoms with Crippen LogP contribution >= 0.6 is 0 Å². The molecular formula is C23H25FN6O2. The molecule has 9 heteroatoms. The van der Waals surface area contributed by atoms with Crippen molar-refractivity contribution in [2.45, 2.75) is 38.4 Å². The minimum atomic E-state index is -0.556. The SMILES string of the molecule is CNC(=O)c1ccc(N2CCN(Cc3cnc4c(F)c(C)c(=O)[nH]c4c3)[C@@H]3CC[C@@H]32)cn1. The highest BCUT2D eigenvalue weighted by atomic mass is 19.1. The highest BCUT2D eigenvalue weighted by molar-refractivity contribution is 5.92. The zero-order valence-electron chi connectivity index (χ0n) is 18.1. The Bertz CT molecular complexity index is 1240. The number of hydrogen-bond acceptors (Lipinski definition) is 6. The number of anilines is 1. The van der Waals surface area contributed by atoms with Crippen LogP contribution < -0.4 is 15.8 Å². The lowest BCUT2D eigenvalue weighted by Crippen LogP contribution is -2.64. The molecule has 3 aromatic rings. The number of nitrogens with zero attached hydrogens (tertiary/aromatic N) is 4. The van der Waals surface area contributed by atoms with Gasteiger partial charge in [-0.1, -0.05) is 0 Å². The normalized spacial score (nSPS) is 20.7. The van der Waals surface area contributed by atoms with Crippen molar-refractivity contribution in [2.75, 3.05) is 25.0 Å². The minimum absolute atomic E-state index is 0.0593. The van der Waals surface area contributed by atoms with Crippen molar-refractivity contribution in [1.29, 1.82) is 0 Å². The van der Waals surface area contributed by atoms with E-state index in [4.69, 9.17) is 0 Å². The third-order valence-corrected chi connectivity index (χ3v) is 6.69. The van der Waals surface area contributed by atoms with Gasteiger partial charge in [-0.15, -0.1) is 0 Å². The molecule has 0 unspecified atom stereocenters. The Balaban J connectivity index is 1.32. The van der Waals surface area contributed by atoms with Crippen LogP contribution in [0.15, 0.2) is 35.4 Å². The molecule has 1 aliphatic carbocycles. The first kappa shape index (κ1) is 20.6. The number of pyridine rings is 3. The lowest BCUT2D eigenvalue weighted by Gasteiger charge is -2.54. The van der Waals surface area contributed by atoms with Crippen LogP contribution in [0.2, 0.25) is 0 Å². The van der Waals surface area contributed by atoms with Crippen molar-refractivity contribution in [2.24, 2.45) is 0 Å². The Labute approximate surface area is 184 Å². The van der Waals surface area contributed by atoms with Crippen LogP contribution in [-0.2, 0) is 6.54 Å². The molecule has 2 atom stereocenters. The van der Waals surface area contributed by atoms with E-state index in [9.17, 15) is 14.0 Å². The van der Waals surface area contributed by atoms with Crippen LogP contribution in [0.1, 0.15) is 34.5 Å². The number of fused-ring (bicyclic) bond motifs is 2. The Morgan fingerprint density at radius 3 is 2.72 bits per heavy atom. The number of hydrogen-bond donors (Lipinski definition) is 2. The van der Waals surface area contributed by atoms with Crippen LogP contribution in [0.25, 0.3) is 11.0 Å². The molecule has 2 N–H and O–H groups in total. The molecule has 3 aromatic heterocycles. The molecule has 32 heavy (non-hydrogen) atoms. The molecule has 0 aromatic carbocycles. The predicted octanol–water partition coefficient (Wildman–Crippen LogP) is 1.98. The fourth-order valence-corrected chi connectivity index (χ4v) is 4.75. The van der Waals surface area contributed by atoms with Gasteiger partial charge in [0, 0.05) is 45.0 Å². The second kappa shape index (κ2) is 7.98. The van der Waals surface area contributed by atoms with Gasteiger partial charge in [-0.2, -0.15) is 0 Å². The molecule has 8 nitrogen and oxygen atoms in total. The van der Waals surface area contributed by atoms with E-state index in [1.54, 1.807) is 25.5 Å². The third-order valence-electron chi connectivity index (χ3n) is 6.69. The summed E-state index contributed by atoms with van der Waals surface area (Å²) < 4.78 is 14.3. The number of piperazine rings is 1. The summed E-state index contributed by atoms with van der Waals surface area (Å²) in [6.07, 6.45) is 5.68. The molecule has 1 saturated carbocycles. The number of H-pyrrole nitrogens is 1. The van der Waals surface area contributed by atoms with Crippen molar-refractivity contribution in [1.82, 2.24) is 25.2 Å². The summed E-state index contributed by atoms with van der Waals surface area (Å²) in [5, 5.41) is 2.59. The van der Waals surface area contributed by atoms with Gasteiger partial charge in [-0.05, 0) is 43.5 Å². The molecule has 1 saturated heterocycles. The predicted molar refractivity (Wildman–Crippen MR) is 119 cm³/mol. The summed E-state index contributed by atoms with van der Waals surface area (Å²) in [6.45, 7) is 3.88. The fraction of sp³-hybridized carbons (Fsp3) is 0.391. The molecule has 4 heterocycles. The summed E-state index contributed by atoms with van der Waals surface area (Å²) in [5.41, 5.74) is 2.66. The van der Waals surface area contributed by atoms with Crippen molar-refractivity contribution in [3.8, 4) is 0 Å². The topological polar surface area (TPSA) is 94.2 Å². The standard InChI is InChI=1S/C23H25FN6O2/c1-13-20(24)21-17(28-22(13)31)9-14(10-27-21)12-29-7-8-30(19-6-5-18(19)29)15-3-4-16(26-11-15)23(32)25-2/h3-4,9-11,18-19H,5-8,12H2,1-2H3,(H,25,32)(H,28,31)/t18-,19+/m1/s1. The van der Waals surface area contributed by atoms with E-state index in [-0.39, 0.29) is 17.0 Å². The summed E-state index contributed by atoms with van der Waals surface area (Å²) in [5.74, 6) is -0.748. The molecule has 1 aliphatic heterocycles. The molecule has 1 amide bonds. The molecule has 2 fully saturated rings. The average molecular weight is 436 g/mol. The lowest BCUT2D eigenvalue weighted by molar-refractivity contribution is 0.0658. The first-order valence-corrected chi connectivity index (χ1v) is 10.8. The zero-order valence-corrected chi connectivity index (χ0v) is 18.1. The minimum Gasteiger partial charge on any atom is -0.364 e. The molecule has 166 valence electrons. The maximum absolute atomic E-state index is 14.3. The molecule has 0 radical (unpaired) electrons. The monoisotopic (exact) mass is 436 g/mol. The largest absolute Gasteiger partial charge is 0.364 e. The van der Waals surface area contributed by atoms with E-state index in [1.807, 2.05) is 12.1 Å². The van der Waals surface area contributed by atoms with E-state index >= 15 is 0 Å². The van der Waals surface area contributed by atoms with Crippen LogP contribution in [0.4, 0.5) is 10.1 Å². The Kier molecular flexibility index (Phi) is 5.13. The van der Waals surface area contributed by atoms with Gasteiger partial charge < -0.3 is 15.2 Å². The maximum Gasteiger partial charge on any atom is 0.269 e. The van der Waals surface area contributed by atoms with E-state index in [2.05, 4.69) is 30.1 Å². The second-order valence-corrected chi connectivity index (χ2v) is 8.49. The van der Waals surface area contributed by atoms with Gasteiger partial charge in [-0.25, -0.2) is 9.37 Å². The molecule has 0 spiro atoms. The number of halogens is 1. The highest BCUT2D eigenvalue weighted by Gasteiger charge is 2.43. The maximum atomic E-state index is 14.3. The van der Waals surface area contributed by atoms with Gasteiger partial charge in [-0.3, -0.25) is 19.5 Å². The van der Waals surface area contributed by atoms with Crippen molar-refractivity contribution < 1.29 is 9.18 Å². The van der Waals surface area contributed by atoms with Gasteiger partial charge in [0.05, 0.1) is 23.0 Å². The van der Waals surface area contributed by atoms with Crippen LogP contribution in [0, 0.1) is 12.7 Å². The Hall–Kier alpha value is -3.33. The number of carbonyl (C=O) groups is 1. The summed E-state index contributed by atoms with van der Waals surface area (Å²) in [4.78, 5) is 39.8. The molecule has 5 rings (SSSR count). The first-order valence-electron chi connectivity index (χ1n) is 10.8. The fourth-order valence-electron chi connectivity index (χ4n) is 4.75. The number of aromatic nitrogens is 3. The van der Waals surface area contributed by atoms with E-state index in [0.29, 0.717) is 29.8 Å². The quantitative estimate of drug-likeness (QED) is 0.650. The number of nitrogens with one attached hydrogen (secondary N) is 2. The zero-order chi connectivity index (χ0) is 22.4. The van der Waals surface area contributed by atoms with E-state index < -0.39 is 11.4 Å². The number of carbonyl (C=O) groups excluding carboxylic acids is 1. The van der Waals surface area contributed by atoms with Crippen LogP contribution in [-0.4, -0.2) is 58.0 Å². The summed E-state index contributed by atoms with van der Waals surface area (Å²) in [6, 6.07) is 6.35. The van der Waals surface area contributed by atoms with Gasteiger partial charge in [0.1, 0.15) is 11.2 Å². The number of aromatic amines is 1. The number of rotatable bonds is 4. The molecule has 2 aliphatic rings. The van der Waals surface area contributed by atoms with Crippen LogP contribution in [0.3, 0.4) is 0 Å². The summed E-state index contributed by atoms with van der Waals surface area (Å²) in [7, 11) is 1.59. The third kappa shape index (κ3) is 3.42. The van der Waals surface area contributed by atoms with Crippen molar-refractivity contribution in [3.63, 3.8) is 0 Å². The van der Waals surface area contributed by atoms with Crippen LogP contribution in [0.5, 0.6) is 0 Å². The number of amides is 1. The van der Waals surface area contributed by atoms with Crippen molar-refractivity contribution >= 4 is 22.6 Å². The van der Waals surface area contributed by atoms with Gasteiger partial charge in [0.15, 0.2) is 5.82 Å². The average Bonchev–Trinajstić information content (AvgIpc) is 2.78. The summed E-state index contributed by atoms with van der Waals surface area (Å²) >= 11 is 0. The highest BCUT2D eigenvalue weighted by Crippen LogP contribution is 2.37. The van der Waals surface area contributed by atoms with E-state index in [1.165, 1.54) is 6.92 Å². The smallest absolute Gasteiger partial charge is 0.269 e. The van der Waals surface area contributed by atoms with Gasteiger partial charge >= 0.3 is 0 Å².